The SMILES string of the molecule is N=C(N)[NH2+]CCCC(NC(=O)c1ccccc1)C(=O)Nc1ccc(C(=O)O)cc1. The monoisotopic (exact) mass is 398 g/mol. The first-order valence-electron chi connectivity index (χ1n) is 9.04. The molecule has 0 aliphatic rings. The Morgan fingerprint density at radius 2 is 1.69 bits per heavy atom. The minimum atomic E-state index is -1.06. The summed E-state index contributed by atoms with van der Waals surface area (Å²) in [4.78, 5) is 36.1. The van der Waals surface area contributed by atoms with Crippen molar-refractivity contribution in [1.29, 1.82) is 5.41 Å². The molecule has 0 saturated heterocycles. The molecule has 1 unspecified atom stereocenters. The summed E-state index contributed by atoms with van der Waals surface area (Å²) in [6.07, 6.45) is 0.895. The number of hydrogen-bond donors (Lipinski definition) is 6. The average Bonchev–Trinajstić information content (AvgIpc) is 2.71. The first-order chi connectivity index (χ1) is 13.9. The third-order valence-corrected chi connectivity index (χ3v) is 4.12. The molecule has 0 spiro atoms. The molecule has 152 valence electrons. The Morgan fingerprint density at radius 1 is 1.03 bits per heavy atom. The standard InChI is InChI=1S/C20H23N5O4/c21-20(22)23-12-4-7-16(25-17(26)13-5-2-1-3-6-13)18(27)24-15-10-8-14(9-11-15)19(28)29/h1-3,5-6,8-11,16H,4,7,12H2,(H,24,27)(H,25,26)(H,28,29)(H4,21,22,23)/p+1. The lowest BCUT2D eigenvalue weighted by Crippen LogP contribution is -2.90. The molecule has 9 heteroatoms. The Balaban J connectivity index is 2.05. The van der Waals surface area contributed by atoms with Gasteiger partial charge in [0, 0.05) is 11.3 Å². The number of rotatable bonds is 9. The van der Waals surface area contributed by atoms with E-state index in [4.69, 9.17) is 16.2 Å². The Kier molecular flexibility index (Phi) is 7.87. The molecule has 8 N–H and O–H groups in total. The topological polar surface area (TPSA) is 162 Å². The second-order valence-electron chi connectivity index (χ2n) is 6.35. The number of carbonyl (C=O) groups is 3. The molecule has 0 fully saturated rings. The zero-order valence-corrected chi connectivity index (χ0v) is 15.7. The van der Waals surface area contributed by atoms with Crippen molar-refractivity contribution in [3.05, 3.63) is 65.7 Å². The number of nitrogens with two attached hydrogens (primary N) is 2. The summed E-state index contributed by atoms with van der Waals surface area (Å²) in [7, 11) is 0. The maximum atomic E-state index is 12.7. The van der Waals surface area contributed by atoms with E-state index in [1.807, 2.05) is 0 Å². The van der Waals surface area contributed by atoms with Crippen LogP contribution in [0.15, 0.2) is 54.6 Å². The maximum Gasteiger partial charge on any atom is 0.335 e. The van der Waals surface area contributed by atoms with Gasteiger partial charge < -0.3 is 21.5 Å². The lowest BCUT2D eigenvalue weighted by Gasteiger charge is -2.18. The van der Waals surface area contributed by atoms with Crippen LogP contribution >= 0.6 is 0 Å². The summed E-state index contributed by atoms with van der Waals surface area (Å²) < 4.78 is 0. The number of carbonyl (C=O) groups excluding carboxylic acids is 2. The fourth-order valence-electron chi connectivity index (χ4n) is 2.60. The summed E-state index contributed by atoms with van der Waals surface area (Å²) in [5.41, 5.74) is 6.27. The van der Waals surface area contributed by atoms with Gasteiger partial charge in [0.2, 0.25) is 5.91 Å². The Morgan fingerprint density at radius 3 is 2.28 bits per heavy atom. The van der Waals surface area contributed by atoms with Crippen LogP contribution in [0.1, 0.15) is 33.6 Å². The highest BCUT2D eigenvalue weighted by Gasteiger charge is 2.22. The lowest BCUT2D eigenvalue weighted by molar-refractivity contribution is -0.543. The lowest BCUT2D eigenvalue weighted by atomic mass is 10.1. The summed E-state index contributed by atoms with van der Waals surface area (Å²) in [5, 5.41) is 23.1. The number of nitrogens with one attached hydrogen (secondary N) is 3. The molecule has 2 amide bonds. The molecule has 2 rings (SSSR count). The van der Waals surface area contributed by atoms with Crippen molar-refractivity contribution in [3.63, 3.8) is 0 Å². The van der Waals surface area contributed by atoms with Gasteiger partial charge in [-0.05, 0) is 49.2 Å². The van der Waals surface area contributed by atoms with Gasteiger partial charge in [-0.3, -0.25) is 14.9 Å². The summed E-state index contributed by atoms with van der Waals surface area (Å²) in [6, 6.07) is 13.5. The Labute approximate surface area is 167 Å². The molecular formula is C20H24N5O4+. The van der Waals surface area contributed by atoms with Crippen molar-refractivity contribution >= 4 is 29.4 Å². The van der Waals surface area contributed by atoms with E-state index >= 15 is 0 Å². The highest BCUT2D eigenvalue weighted by atomic mass is 16.4. The first-order valence-corrected chi connectivity index (χ1v) is 9.04. The number of carboxylic acids is 1. The molecule has 0 aromatic heterocycles. The molecule has 0 aliphatic heterocycles. The van der Waals surface area contributed by atoms with Gasteiger partial charge in [0.25, 0.3) is 11.9 Å². The van der Waals surface area contributed by atoms with Crippen molar-refractivity contribution in [2.45, 2.75) is 18.9 Å². The van der Waals surface area contributed by atoms with Gasteiger partial charge >= 0.3 is 5.97 Å². The molecule has 0 bridgehead atoms. The smallest absolute Gasteiger partial charge is 0.335 e. The average molecular weight is 398 g/mol. The van der Waals surface area contributed by atoms with E-state index in [0.717, 1.165) is 0 Å². The van der Waals surface area contributed by atoms with Crippen molar-refractivity contribution in [2.24, 2.45) is 5.73 Å². The van der Waals surface area contributed by atoms with Crippen LogP contribution in [-0.2, 0) is 4.79 Å². The third kappa shape index (κ3) is 7.07. The molecule has 2 aromatic rings. The molecule has 0 heterocycles. The van der Waals surface area contributed by atoms with Gasteiger partial charge in [-0.1, -0.05) is 18.2 Å². The predicted octanol–water partition coefficient (Wildman–Crippen LogP) is 0.359. The second kappa shape index (κ2) is 10.6. The van der Waals surface area contributed by atoms with Gasteiger partial charge in [0.15, 0.2) is 0 Å². The van der Waals surface area contributed by atoms with E-state index < -0.39 is 17.9 Å². The number of quaternary nitrogens is 1. The normalized spacial score (nSPS) is 11.3. The molecule has 0 radical (unpaired) electrons. The van der Waals surface area contributed by atoms with Crippen LogP contribution in [0.2, 0.25) is 0 Å². The van der Waals surface area contributed by atoms with E-state index in [0.29, 0.717) is 30.6 Å². The summed E-state index contributed by atoms with van der Waals surface area (Å²) >= 11 is 0. The van der Waals surface area contributed by atoms with Crippen molar-refractivity contribution in [1.82, 2.24) is 5.32 Å². The van der Waals surface area contributed by atoms with Gasteiger partial charge in [-0.25, -0.2) is 10.2 Å². The van der Waals surface area contributed by atoms with Crippen LogP contribution in [0.5, 0.6) is 0 Å². The van der Waals surface area contributed by atoms with E-state index in [1.165, 1.54) is 24.3 Å². The highest BCUT2D eigenvalue weighted by molar-refractivity contribution is 6.01. The van der Waals surface area contributed by atoms with Crippen LogP contribution in [-0.4, -0.2) is 41.4 Å². The molecule has 29 heavy (non-hydrogen) atoms. The largest absolute Gasteiger partial charge is 0.478 e. The number of amides is 2. The minimum Gasteiger partial charge on any atom is -0.478 e. The quantitative estimate of drug-likeness (QED) is 0.204. The van der Waals surface area contributed by atoms with Gasteiger partial charge in [0.05, 0.1) is 12.1 Å². The number of guanidine groups is 1. The Bertz CT molecular complexity index is 868. The number of aromatic carboxylic acids is 1. The molecular weight excluding hydrogens is 374 g/mol. The molecule has 9 nitrogen and oxygen atoms in total. The molecule has 0 saturated carbocycles. The molecule has 2 aromatic carbocycles. The summed E-state index contributed by atoms with van der Waals surface area (Å²) in [5.74, 6) is -1.89. The molecule has 0 aliphatic carbocycles. The fraction of sp³-hybridized carbons (Fsp3) is 0.200. The van der Waals surface area contributed by atoms with Crippen molar-refractivity contribution in [3.8, 4) is 0 Å². The number of anilines is 1. The van der Waals surface area contributed by atoms with Gasteiger partial charge in [-0.15, -0.1) is 0 Å². The number of carboxylic acid groups (broad SMARTS) is 1. The van der Waals surface area contributed by atoms with Crippen LogP contribution in [0.25, 0.3) is 0 Å². The zero-order valence-electron chi connectivity index (χ0n) is 15.7. The van der Waals surface area contributed by atoms with Crippen LogP contribution in [0, 0.1) is 5.41 Å². The number of benzene rings is 2. The fourth-order valence-corrected chi connectivity index (χ4v) is 2.60. The van der Waals surface area contributed by atoms with E-state index in [2.05, 4.69) is 10.6 Å². The first kappa shape index (κ1) is 21.6. The number of hydrogen-bond acceptors (Lipinski definition) is 4. The Hall–Kier alpha value is -3.72. The van der Waals surface area contributed by atoms with Crippen LogP contribution in [0.4, 0.5) is 5.69 Å². The van der Waals surface area contributed by atoms with E-state index in [-0.39, 0.29) is 17.4 Å². The van der Waals surface area contributed by atoms with Crippen LogP contribution < -0.4 is 21.7 Å². The van der Waals surface area contributed by atoms with Crippen molar-refractivity contribution < 1.29 is 24.8 Å². The zero-order chi connectivity index (χ0) is 21.2. The maximum absolute atomic E-state index is 12.7. The van der Waals surface area contributed by atoms with Crippen molar-refractivity contribution in [2.75, 3.05) is 11.9 Å². The second-order valence-corrected chi connectivity index (χ2v) is 6.35. The summed E-state index contributed by atoms with van der Waals surface area (Å²) in [6.45, 7) is 0.508. The van der Waals surface area contributed by atoms with E-state index in [9.17, 15) is 14.4 Å². The predicted molar refractivity (Wildman–Crippen MR) is 108 cm³/mol. The molecule has 1 atom stereocenters. The van der Waals surface area contributed by atoms with Crippen LogP contribution in [0.3, 0.4) is 0 Å². The van der Waals surface area contributed by atoms with Gasteiger partial charge in [-0.2, -0.15) is 0 Å². The minimum absolute atomic E-state index is 0.0437. The van der Waals surface area contributed by atoms with E-state index in [1.54, 1.807) is 35.6 Å². The highest BCUT2D eigenvalue weighted by Crippen LogP contribution is 2.11. The third-order valence-electron chi connectivity index (χ3n) is 4.12. The van der Waals surface area contributed by atoms with Gasteiger partial charge in [0.1, 0.15) is 6.04 Å².